The molecule has 21 heavy (non-hydrogen) atoms. The van der Waals surface area contributed by atoms with Crippen molar-refractivity contribution in [1.82, 2.24) is 4.98 Å². The van der Waals surface area contributed by atoms with Crippen LogP contribution in [0.5, 0.6) is 5.75 Å². The first-order chi connectivity index (χ1) is 10.2. The summed E-state index contributed by atoms with van der Waals surface area (Å²) in [7, 11) is 0. The van der Waals surface area contributed by atoms with Crippen molar-refractivity contribution >= 4 is 26.8 Å². The molecule has 0 aliphatic heterocycles. The summed E-state index contributed by atoms with van der Waals surface area (Å²) >= 11 is 3.48. The van der Waals surface area contributed by atoms with Crippen molar-refractivity contribution in [3.05, 3.63) is 64.8 Å². The van der Waals surface area contributed by atoms with E-state index in [2.05, 4.69) is 27.0 Å². The molecule has 2 N–H and O–H groups in total. The first kappa shape index (κ1) is 14.2. The Balaban J connectivity index is 1.66. The Hall–Kier alpha value is -1.78. The third-order valence-corrected chi connectivity index (χ3v) is 3.86. The molecule has 0 aliphatic rings. The van der Waals surface area contributed by atoms with Gasteiger partial charge in [-0.3, -0.25) is 0 Å². The van der Waals surface area contributed by atoms with Crippen molar-refractivity contribution in [2.75, 3.05) is 6.61 Å². The molecule has 0 amide bonds. The van der Waals surface area contributed by atoms with E-state index < -0.39 is 6.10 Å². The zero-order valence-electron chi connectivity index (χ0n) is 11.4. The van der Waals surface area contributed by atoms with Crippen LogP contribution in [0.25, 0.3) is 10.9 Å². The maximum absolute atomic E-state index is 10.2. The molecule has 0 fully saturated rings. The normalized spacial score (nSPS) is 12.5. The number of aliphatic hydroxyl groups excluding tert-OH is 1. The summed E-state index contributed by atoms with van der Waals surface area (Å²) in [4.78, 5) is 3.22. The minimum atomic E-state index is -0.539. The van der Waals surface area contributed by atoms with Gasteiger partial charge in [0.25, 0.3) is 0 Å². The number of rotatable bonds is 5. The van der Waals surface area contributed by atoms with Gasteiger partial charge in [-0.05, 0) is 35.9 Å². The van der Waals surface area contributed by atoms with Gasteiger partial charge in [0, 0.05) is 28.0 Å². The Morgan fingerprint density at radius 3 is 2.76 bits per heavy atom. The van der Waals surface area contributed by atoms with E-state index in [0.29, 0.717) is 6.42 Å². The quantitative estimate of drug-likeness (QED) is 0.736. The van der Waals surface area contributed by atoms with E-state index in [-0.39, 0.29) is 6.61 Å². The summed E-state index contributed by atoms with van der Waals surface area (Å²) in [6.45, 7) is 0.282. The van der Waals surface area contributed by atoms with Gasteiger partial charge in [0.2, 0.25) is 0 Å². The maximum Gasteiger partial charge on any atom is 0.119 e. The van der Waals surface area contributed by atoms with Crippen molar-refractivity contribution in [3.8, 4) is 5.75 Å². The second kappa shape index (κ2) is 6.33. The highest BCUT2D eigenvalue weighted by Crippen LogP contribution is 2.23. The molecule has 0 saturated carbocycles. The Morgan fingerprint density at radius 2 is 1.95 bits per heavy atom. The molecule has 3 aromatic rings. The predicted molar refractivity (Wildman–Crippen MR) is 87.6 cm³/mol. The fourth-order valence-corrected chi connectivity index (χ4v) is 2.70. The van der Waals surface area contributed by atoms with E-state index in [1.54, 1.807) is 0 Å². The second-order valence-electron chi connectivity index (χ2n) is 4.99. The minimum absolute atomic E-state index is 0.282. The largest absolute Gasteiger partial charge is 0.491 e. The lowest BCUT2D eigenvalue weighted by Crippen LogP contribution is -2.20. The standard InChI is InChI=1S/C17H16BrNO2/c18-13-6-7-17-16(9-13)12(10-19-17)8-14(20)11-21-15-4-2-1-3-5-15/h1-7,9-10,14,19-20H,8,11H2. The van der Waals surface area contributed by atoms with Crippen LogP contribution < -0.4 is 4.74 Å². The molecule has 0 aliphatic carbocycles. The molecular weight excluding hydrogens is 330 g/mol. The molecule has 0 saturated heterocycles. The third-order valence-electron chi connectivity index (χ3n) is 3.37. The van der Waals surface area contributed by atoms with Crippen molar-refractivity contribution in [2.24, 2.45) is 0 Å². The van der Waals surface area contributed by atoms with Crippen LogP contribution in [-0.2, 0) is 6.42 Å². The van der Waals surface area contributed by atoms with Gasteiger partial charge in [0.15, 0.2) is 0 Å². The molecule has 1 atom stereocenters. The van der Waals surface area contributed by atoms with Crippen molar-refractivity contribution in [3.63, 3.8) is 0 Å². The molecular formula is C17H16BrNO2. The van der Waals surface area contributed by atoms with Crippen LogP contribution in [0.3, 0.4) is 0 Å². The van der Waals surface area contributed by atoms with Crippen LogP contribution >= 0.6 is 15.9 Å². The van der Waals surface area contributed by atoms with Gasteiger partial charge in [0.1, 0.15) is 12.4 Å². The van der Waals surface area contributed by atoms with E-state index in [1.807, 2.05) is 48.7 Å². The molecule has 108 valence electrons. The van der Waals surface area contributed by atoms with Gasteiger partial charge >= 0.3 is 0 Å². The molecule has 1 heterocycles. The number of aliphatic hydroxyl groups is 1. The lowest BCUT2D eigenvalue weighted by Gasteiger charge is -2.12. The summed E-state index contributed by atoms with van der Waals surface area (Å²) in [6.07, 6.45) is 1.97. The summed E-state index contributed by atoms with van der Waals surface area (Å²) in [5.74, 6) is 0.776. The highest BCUT2D eigenvalue weighted by Gasteiger charge is 2.11. The Kier molecular flexibility index (Phi) is 4.27. The number of para-hydroxylation sites is 1. The van der Waals surface area contributed by atoms with Gasteiger partial charge in [-0.2, -0.15) is 0 Å². The predicted octanol–water partition coefficient (Wildman–Crippen LogP) is 3.91. The van der Waals surface area contributed by atoms with Crippen LogP contribution in [0.2, 0.25) is 0 Å². The fourth-order valence-electron chi connectivity index (χ4n) is 2.34. The van der Waals surface area contributed by atoms with Crippen LogP contribution in [0.1, 0.15) is 5.56 Å². The van der Waals surface area contributed by atoms with Crippen molar-refractivity contribution < 1.29 is 9.84 Å². The monoisotopic (exact) mass is 345 g/mol. The molecule has 3 nitrogen and oxygen atoms in total. The van der Waals surface area contributed by atoms with Crippen LogP contribution in [0.4, 0.5) is 0 Å². The van der Waals surface area contributed by atoms with Crippen LogP contribution in [0, 0.1) is 0 Å². The van der Waals surface area contributed by atoms with Gasteiger partial charge in [-0.15, -0.1) is 0 Å². The summed E-state index contributed by atoms with van der Waals surface area (Å²) < 4.78 is 6.62. The third kappa shape index (κ3) is 3.46. The molecule has 0 bridgehead atoms. The highest BCUT2D eigenvalue weighted by atomic mass is 79.9. The van der Waals surface area contributed by atoms with E-state index >= 15 is 0 Å². The summed E-state index contributed by atoms with van der Waals surface area (Å²) in [5, 5.41) is 11.3. The molecule has 0 spiro atoms. The fraction of sp³-hybridized carbons (Fsp3) is 0.176. The Labute approximate surface area is 131 Å². The highest BCUT2D eigenvalue weighted by molar-refractivity contribution is 9.10. The first-order valence-corrected chi connectivity index (χ1v) is 7.63. The zero-order valence-corrected chi connectivity index (χ0v) is 13.0. The second-order valence-corrected chi connectivity index (χ2v) is 5.90. The molecule has 3 rings (SSSR count). The number of hydrogen-bond donors (Lipinski definition) is 2. The lowest BCUT2D eigenvalue weighted by molar-refractivity contribution is 0.108. The zero-order chi connectivity index (χ0) is 14.7. The van der Waals surface area contributed by atoms with E-state index in [9.17, 15) is 5.11 Å². The molecule has 1 unspecified atom stereocenters. The number of H-pyrrole nitrogens is 1. The van der Waals surface area contributed by atoms with E-state index in [1.165, 1.54) is 0 Å². The molecule has 2 aromatic carbocycles. The number of nitrogens with one attached hydrogen (secondary N) is 1. The van der Waals surface area contributed by atoms with E-state index in [0.717, 1.165) is 26.7 Å². The van der Waals surface area contributed by atoms with Crippen molar-refractivity contribution in [2.45, 2.75) is 12.5 Å². The number of benzene rings is 2. The van der Waals surface area contributed by atoms with Crippen LogP contribution in [-0.4, -0.2) is 22.8 Å². The van der Waals surface area contributed by atoms with Gasteiger partial charge < -0.3 is 14.8 Å². The molecule has 4 heteroatoms. The number of aromatic nitrogens is 1. The smallest absolute Gasteiger partial charge is 0.119 e. The number of fused-ring (bicyclic) bond motifs is 1. The number of hydrogen-bond acceptors (Lipinski definition) is 2. The van der Waals surface area contributed by atoms with Gasteiger partial charge in [-0.25, -0.2) is 0 Å². The average molecular weight is 346 g/mol. The van der Waals surface area contributed by atoms with E-state index in [4.69, 9.17) is 4.74 Å². The van der Waals surface area contributed by atoms with Crippen LogP contribution in [0.15, 0.2) is 59.2 Å². The number of ether oxygens (including phenoxy) is 1. The molecule has 1 aromatic heterocycles. The SMILES string of the molecule is OC(COc1ccccc1)Cc1c[nH]c2ccc(Br)cc12. The summed E-state index contributed by atoms with van der Waals surface area (Å²) in [6, 6.07) is 15.6. The molecule has 0 radical (unpaired) electrons. The lowest BCUT2D eigenvalue weighted by atomic mass is 10.1. The Bertz CT molecular complexity index is 724. The first-order valence-electron chi connectivity index (χ1n) is 6.84. The minimum Gasteiger partial charge on any atom is -0.491 e. The average Bonchev–Trinajstić information content (AvgIpc) is 2.88. The number of aromatic amines is 1. The summed E-state index contributed by atoms with van der Waals surface area (Å²) in [5.41, 5.74) is 2.17. The number of halogens is 1. The Morgan fingerprint density at radius 1 is 1.14 bits per heavy atom. The maximum atomic E-state index is 10.2. The topological polar surface area (TPSA) is 45.2 Å². The van der Waals surface area contributed by atoms with Gasteiger partial charge in [-0.1, -0.05) is 34.1 Å². The van der Waals surface area contributed by atoms with Gasteiger partial charge in [0.05, 0.1) is 6.10 Å². The van der Waals surface area contributed by atoms with Crippen molar-refractivity contribution in [1.29, 1.82) is 0 Å².